The summed E-state index contributed by atoms with van der Waals surface area (Å²) in [6, 6.07) is 6.31. The summed E-state index contributed by atoms with van der Waals surface area (Å²) in [7, 11) is 0. The lowest BCUT2D eigenvalue weighted by Crippen LogP contribution is -2.18. The number of hydrogen-bond acceptors (Lipinski definition) is 5. The number of nitrogens with zero attached hydrogens (tertiary/aromatic N) is 3. The number of pyridine rings is 1. The molecule has 0 saturated carbocycles. The van der Waals surface area contributed by atoms with Gasteiger partial charge in [-0.3, -0.25) is 0 Å². The Balaban J connectivity index is 2.29. The monoisotopic (exact) mass is 288 g/mol. The van der Waals surface area contributed by atoms with Crippen molar-refractivity contribution in [2.24, 2.45) is 0 Å². The average molecular weight is 288 g/mol. The molecular formula is C15H20N4S. The molecule has 0 aliphatic heterocycles. The Morgan fingerprint density at radius 3 is 2.60 bits per heavy atom. The van der Waals surface area contributed by atoms with Crippen LogP contribution in [0, 0.1) is 13.8 Å². The van der Waals surface area contributed by atoms with Gasteiger partial charge in [0.25, 0.3) is 0 Å². The molecule has 0 aromatic carbocycles. The summed E-state index contributed by atoms with van der Waals surface area (Å²) in [6.45, 7) is 9.15. The van der Waals surface area contributed by atoms with Crippen LogP contribution in [0.4, 0.5) is 0 Å². The molecule has 1 atom stereocenters. The van der Waals surface area contributed by atoms with Crippen LogP contribution < -0.4 is 5.32 Å². The van der Waals surface area contributed by atoms with Crippen molar-refractivity contribution < 1.29 is 0 Å². The predicted molar refractivity (Wildman–Crippen MR) is 82.0 cm³/mol. The molecule has 0 saturated heterocycles. The number of rotatable bonds is 5. The van der Waals surface area contributed by atoms with E-state index in [-0.39, 0.29) is 6.04 Å². The molecule has 1 N–H and O–H groups in total. The van der Waals surface area contributed by atoms with E-state index in [0.29, 0.717) is 0 Å². The molecule has 0 aliphatic carbocycles. The van der Waals surface area contributed by atoms with Crippen LogP contribution in [-0.4, -0.2) is 21.5 Å². The summed E-state index contributed by atoms with van der Waals surface area (Å²) in [5.74, 6) is 0. The van der Waals surface area contributed by atoms with Crippen molar-refractivity contribution in [3.8, 4) is 0 Å². The van der Waals surface area contributed by atoms with Gasteiger partial charge >= 0.3 is 0 Å². The van der Waals surface area contributed by atoms with Gasteiger partial charge in [0.2, 0.25) is 0 Å². The summed E-state index contributed by atoms with van der Waals surface area (Å²) in [6.07, 6.45) is 1.81. The molecule has 2 aromatic heterocycles. The van der Waals surface area contributed by atoms with Crippen LogP contribution in [0.5, 0.6) is 0 Å². The molecule has 4 nitrogen and oxygen atoms in total. The number of hydrogen-bond donors (Lipinski definition) is 1. The maximum absolute atomic E-state index is 4.48. The van der Waals surface area contributed by atoms with E-state index in [0.717, 1.165) is 28.1 Å². The smallest absolute Gasteiger partial charge is 0.194 e. The van der Waals surface area contributed by atoms with Gasteiger partial charge in [-0.05, 0) is 51.2 Å². The van der Waals surface area contributed by atoms with E-state index in [4.69, 9.17) is 0 Å². The van der Waals surface area contributed by atoms with Crippen molar-refractivity contribution in [1.82, 2.24) is 20.3 Å². The van der Waals surface area contributed by atoms with E-state index in [2.05, 4.69) is 40.2 Å². The van der Waals surface area contributed by atoms with Gasteiger partial charge in [0.15, 0.2) is 5.16 Å². The normalized spacial score (nSPS) is 12.4. The summed E-state index contributed by atoms with van der Waals surface area (Å²) in [5.41, 5.74) is 3.15. The highest BCUT2D eigenvalue weighted by atomic mass is 32.2. The summed E-state index contributed by atoms with van der Waals surface area (Å²) in [5, 5.41) is 5.14. The molecule has 20 heavy (non-hydrogen) atoms. The molecule has 0 fully saturated rings. The van der Waals surface area contributed by atoms with Gasteiger partial charge in [-0.2, -0.15) is 0 Å². The number of nitrogens with one attached hydrogen (secondary N) is 1. The summed E-state index contributed by atoms with van der Waals surface area (Å²) in [4.78, 5) is 13.4. The topological polar surface area (TPSA) is 50.7 Å². The first-order valence-electron chi connectivity index (χ1n) is 6.78. The lowest BCUT2D eigenvalue weighted by molar-refractivity contribution is 0.585. The minimum atomic E-state index is 0.266. The molecule has 0 spiro atoms. The second-order valence-electron chi connectivity index (χ2n) is 4.71. The largest absolute Gasteiger partial charge is 0.310 e. The lowest BCUT2D eigenvalue weighted by Gasteiger charge is -2.15. The summed E-state index contributed by atoms with van der Waals surface area (Å²) < 4.78 is 0. The summed E-state index contributed by atoms with van der Waals surface area (Å²) >= 11 is 1.52. The van der Waals surface area contributed by atoms with Crippen molar-refractivity contribution in [1.29, 1.82) is 0 Å². The minimum Gasteiger partial charge on any atom is -0.310 e. The van der Waals surface area contributed by atoms with Crippen molar-refractivity contribution in [2.75, 3.05) is 6.54 Å². The molecule has 5 heteroatoms. The van der Waals surface area contributed by atoms with Crippen LogP contribution in [-0.2, 0) is 0 Å². The average Bonchev–Trinajstić information content (AvgIpc) is 2.38. The third kappa shape index (κ3) is 3.77. The van der Waals surface area contributed by atoms with Crippen LogP contribution in [0.15, 0.2) is 34.6 Å². The molecule has 0 bridgehead atoms. The Bertz CT molecular complexity index is 566. The highest BCUT2D eigenvalue weighted by Crippen LogP contribution is 2.29. The zero-order valence-corrected chi connectivity index (χ0v) is 13.2. The fourth-order valence-corrected chi connectivity index (χ4v) is 3.09. The third-order valence-corrected chi connectivity index (χ3v) is 3.83. The van der Waals surface area contributed by atoms with E-state index in [9.17, 15) is 0 Å². The Morgan fingerprint density at radius 1 is 1.25 bits per heavy atom. The first-order chi connectivity index (χ1) is 9.60. The first-order valence-corrected chi connectivity index (χ1v) is 7.60. The second-order valence-corrected chi connectivity index (χ2v) is 5.67. The van der Waals surface area contributed by atoms with E-state index in [1.807, 2.05) is 32.2 Å². The minimum absolute atomic E-state index is 0.266. The maximum atomic E-state index is 4.48. The Morgan fingerprint density at radius 2 is 1.95 bits per heavy atom. The number of aryl methyl sites for hydroxylation is 2. The fourth-order valence-electron chi connectivity index (χ4n) is 2.06. The van der Waals surface area contributed by atoms with Crippen molar-refractivity contribution in [2.45, 2.75) is 43.9 Å². The maximum Gasteiger partial charge on any atom is 0.194 e. The molecule has 2 aromatic rings. The van der Waals surface area contributed by atoms with Crippen LogP contribution in [0.2, 0.25) is 0 Å². The first kappa shape index (κ1) is 14.9. The van der Waals surface area contributed by atoms with Crippen LogP contribution in [0.25, 0.3) is 0 Å². The quantitative estimate of drug-likeness (QED) is 0.855. The van der Waals surface area contributed by atoms with Gasteiger partial charge in [-0.1, -0.05) is 13.0 Å². The molecule has 106 valence electrons. The van der Waals surface area contributed by atoms with Crippen molar-refractivity contribution in [3.63, 3.8) is 0 Å². The van der Waals surface area contributed by atoms with Gasteiger partial charge < -0.3 is 5.32 Å². The van der Waals surface area contributed by atoms with Crippen molar-refractivity contribution in [3.05, 3.63) is 41.3 Å². The Kier molecular flexibility index (Phi) is 5.09. The van der Waals surface area contributed by atoms with E-state index >= 15 is 0 Å². The molecule has 1 unspecified atom stereocenters. The van der Waals surface area contributed by atoms with Gasteiger partial charge in [0.1, 0.15) is 5.03 Å². The molecular weight excluding hydrogens is 268 g/mol. The Labute approximate surface area is 124 Å². The molecule has 0 radical (unpaired) electrons. The predicted octanol–water partition coefficient (Wildman–Crippen LogP) is 3.31. The van der Waals surface area contributed by atoms with Crippen LogP contribution >= 0.6 is 11.8 Å². The number of aromatic nitrogens is 3. The van der Waals surface area contributed by atoms with Gasteiger partial charge in [-0.25, -0.2) is 15.0 Å². The highest BCUT2D eigenvalue weighted by molar-refractivity contribution is 7.99. The zero-order valence-electron chi connectivity index (χ0n) is 12.3. The van der Waals surface area contributed by atoms with E-state index in [1.165, 1.54) is 17.3 Å². The lowest BCUT2D eigenvalue weighted by atomic mass is 10.1. The van der Waals surface area contributed by atoms with Crippen LogP contribution in [0.1, 0.15) is 36.8 Å². The van der Waals surface area contributed by atoms with Gasteiger partial charge in [0.05, 0.1) is 0 Å². The van der Waals surface area contributed by atoms with E-state index < -0.39 is 0 Å². The van der Waals surface area contributed by atoms with E-state index in [1.54, 1.807) is 0 Å². The SMILES string of the molecule is CCNC(C)c1cccnc1Sc1nc(C)cc(C)n1. The van der Waals surface area contributed by atoms with Gasteiger partial charge in [0, 0.05) is 29.2 Å². The van der Waals surface area contributed by atoms with Gasteiger partial charge in [-0.15, -0.1) is 0 Å². The fraction of sp³-hybridized carbons (Fsp3) is 0.400. The zero-order chi connectivity index (χ0) is 14.5. The highest BCUT2D eigenvalue weighted by Gasteiger charge is 2.13. The Hall–Kier alpha value is -1.46. The van der Waals surface area contributed by atoms with Crippen molar-refractivity contribution >= 4 is 11.8 Å². The molecule has 0 aliphatic rings. The third-order valence-electron chi connectivity index (χ3n) is 2.93. The molecule has 0 amide bonds. The molecule has 2 rings (SSSR count). The standard InChI is InChI=1S/C15H20N4S/c1-5-16-12(4)13-7-6-8-17-14(13)20-15-18-10(2)9-11(3)19-15/h6-9,12,16H,5H2,1-4H3. The second kappa shape index (κ2) is 6.81. The van der Waals surface area contributed by atoms with Crippen LogP contribution in [0.3, 0.4) is 0 Å². The molecule has 2 heterocycles.